The van der Waals surface area contributed by atoms with Gasteiger partial charge in [-0.05, 0) is 49.3 Å². The molecule has 0 unspecified atom stereocenters. The van der Waals surface area contributed by atoms with Gasteiger partial charge in [0.2, 0.25) is 0 Å². The molecule has 2 aromatic rings. The van der Waals surface area contributed by atoms with E-state index in [0.717, 1.165) is 18.7 Å². The van der Waals surface area contributed by atoms with Crippen molar-refractivity contribution in [2.24, 2.45) is 0 Å². The van der Waals surface area contributed by atoms with E-state index in [1.807, 2.05) is 4.57 Å². The first-order valence-corrected chi connectivity index (χ1v) is 8.90. The molecule has 1 amide bonds. The fraction of sp³-hybridized carbons (Fsp3) is 0.357. The van der Waals surface area contributed by atoms with Crippen LogP contribution in [0.25, 0.3) is 0 Å². The molecular formula is C14H16N4O2S2. The molecule has 0 saturated heterocycles. The standard InChI is InChI=1S/C14H16N4O2S2/c1-22(20)11-6-2-9(3-7-11)13(19)15-8-12-16-17-14(21)18(12)10-4-5-10/h2-3,6-7,10H,4-5,8H2,1H3,(H,15,19)(H,17,21)/t22-/m0/s1. The maximum Gasteiger partial charge on any atom is 0.251 e. The summed E-state index contributed by atoms with van der Waals surface area (Å²) in [5.41, 5.74) is 0.529. The van der Waals surface area contributed by atoms with Gasteiger partial charge >= 0.3 is 0 Å². The third-order valence-electron chi connectivity index (χ3n) is 3.54. The number of nitrogens with one attached hydrogen (secondary N) is 2. The number of hydrogen-bond acceptors (Lipinski definition) is 4. The van der Waals surface area contributed by atoms with Crippen LogP contribution in [0.3, 0.4) is 0 Å². The van der Waals surface area contributed by atoms with E-state index in [-0.39, 0.29) is 5.91 Å². The van der Waals surface area contributed by atoms with Gasteiger partial charge in [-0.25, -0.2) is 0 Å². The minimum Gasteiger partial charge on any atom is -0.345 e. The van der Waals surface area contributed by atoms with Crippen molar-refractivity contribution in [3.8, 4) is 0 Å². The Morgan fingerprint density at radius 3 is 2.73 bits per heavy atom. The van der Waals surface area contributed by atoms with Crippen LogP contribution in [0.15, 0.2) is 29.2 Å². The van der Waals surface area contributed by atoms with E-state index < -0.39 is 10.8 Å². The molecule has 22 heavy (non-hydrogen) atoms. The Balaban J connectivity index is 1.67. The number of amides is 1. The second-order valence-corrected chi connectivity index (χ2v) is 6.97. The number of aromatic nitrogens is 3. The number of benzene rings is 1. The van der Waals surface area contributed by atoms with Crippen molar-refractivity contribution in [1.82, 2.24) is 20.1 Å². The largest absolute Gasteiger partial charge is 0.345 e. The lowest BCUT2D eigenvalue weighted by molar-refractivity contribution is 0.0949. The second-order valence-electron chi connectivity index (χ2n) is 5.21. The fourth-order valence-corrected chi connectivity index (χ4v) is 3.05. The highest BCUT2D eigenvalue weighted by Crippen LogP contribution is 2.35. The van der Waals surface area contributed by atoms with Gasteiger partial charge in [-0.1, -0.05) is 0 Å². The number of H-pyrrole nitrogens is 1. The molecule has 1 atom stereocenters. The van der Waals surface area contributed by atoms with Crippen LogP contribution in [-0.4, -0.2) is 31.1 Å². The van der Waals surface area contributed by atoms with E-state index in [0.29, 0.717) is 27.8 Å². The van der Waals surface area contributed by atoms with E-state index >= 15 is 0 Å². The maximum absolute atomic E-state index is 12.1. The molecule has 1 aromatic heterocycles. The molecule has 1 fully saturated rings. The van der Waals surface area contributed by atoms with Gasteiger partial charge in [0.15, 0.2) is 10.6 Å². The highest BCUT2D eigenvalue weighted by Gasteiger charge is 2.27. The predicted octanol–water partition coefficient (Wildman–Crippen LogP) is 1.94. The Morgan fingerprint density at radius 2 is 2.14 bits per heavy atom. The monoisotopic (exact) mass is 336 g/mol. The molecule has 0 radical (unpaired) electrons. The zero-order valence-electron chi connectivity index (χ0n) is 12.0. The van der Waals surface area contributed by atoms with Crippen molar-refractivity contribution < 1.29 is 9.00 Å². The Kier molecular flexibility index (Phi) is 4.21. The zero-order chi connectivity index (χ0) is 15.7. The molecular weight excluding hydrogens is 320 g/mol. The summed E-state index contributed by atoms with van der Waals surface area (Å²) in [6, 6.07) is 7.15. The number of carbonyl (C=O) groups excluding carboxylic acids is 1. The van der Waals surface area contributed by atoms with Gasteiger partial charge in [-0.15, -0.1) is 0 Å². The van der Waals surface area contributed by atoms with Crippen LogP contribution in [0, 0.1) is 4.77 Å². The molecule has 1 aliphatic rings. The minimum atomic E-state index is -1.04. The van der Waals surface area contributed by atoms with Crippen molar-refractivity contribution in [2.45, 2.75) is 30.3 Å². The van der Waals surface area contributed by atoms with Crippen molar-refractivity contribution in [3.63, 3.8) is 0 Å². The fourth-order valence-electron chi connectivity index (χ4n) is 2.23. The average Bonchev–Trinajstić information content (AvgIpc) is 3.28. The summed E-state index contributed by atoms with van der Waals surface area (Å²) >= 11 is 5.20. The highest BCUT2D eigenvalue weighted by molar-refractivity contribution is 7.84. The summed E-state index contributed by atoms with van der Waals surface area (Å²) in [5.74, 6) is 0.553. The quantitative estimate of drug-likeness (QED) is 0.818. The van der Waals surface area contributed by atoms with Gasteiger partial charge in [0.1, 0.15) is 0 Å². The van der Waals surface area contributed by atoms with E-state index in [9.17, 15) is 9.00 Å². The lowest BCUT2D eigenvalue weighted by atomic mass is 10.2. The van der Waals surface area contributed by atoms with Crippen LogP contribution in [0.1, 0.15) is 35.1 Å². The van der Waals surface area contributed by atoms with E-state index in [2.05, 4.69) is 15.5 Å². The molecule has 1 saturated carbocycles. The molecule has 116 valence electrons. The van der Waals surface area contributed by atoms with Crippen LogP contribution >= 0.6 is 12.2 Å². The van der Waals surface area contributed by atoms with E-state index in [1.165, 1.54) is 0 Å². The summed E-state index contributed by atoms with van der Waals surface area (Å²) in [7, 11) is -1.04. The van der Waals surface area contributed by atoms with Gasteiger partial charge in [-0.2, -0.15) is 5.10 Å². The number of hydrogen-bond donors (Lipinski definition) is 2. The summed E-state index contributed by atoms with van der Waals surface area (Å²) in [6.07, 6.45) is 3.81. The normalized spacial score (nSPS) is 15.5. The Hall–Kier alpha value is -1.80. The van der Waals surface area contributed by atoms with Crippen molar-refractivity contribution >= 4 is 28.9 Å². The lowest BCUT2D eigenvalue weighted by Gasteiger charge is -2.07. The van der Waals surface area contributed by atoms with Crippen molar-refractivity contribution in [2.75, 3.05) is 6.26 Å². The average molecular weight is 336 g/mol. The highest BCUT2D eigenvalue weighted by atomic mass is 32.2. The Bertz CT molecular complexity index is 775. The van der Waals surface area contributed by atoms with E-state index in [1.54, 1.807) is 30.5 Å². The summed E-state index contributed by atoms with van der Waals surface area (Å²) in [5, 5.41) is 9.78. The van der Waals surface area contributed by atoms with Crippen LogP contribution in [0.4, 0.5) is 0 Å². The van der Waals surface area contributed by atoms with Gasteiger partial charge in [0.05, 0.1) is 6.54 Å². The summed E-state index contributed by atoms with van der Waals surface area (Å²) in [4.78, 5) is 12.8. The molecule has 6 nitrogen and oxygen atoms in total. The summed E-state index contributed by atoms with van der Waals surface area (Å²) in [6.45, 7) is 0.323. The molecule has 2 N–H and O–H groups in total. The lowest BCUT2D eigenvalue weighted by Crippen LogP contribution is -2.24. The second kappa shape index (κ2) is 6.13. The maximum atomic E-state index is 12.1. The molecule has 1 aliphatic carbocycles. The SMILES string of the molecule is C[S@](=O)c1ccc(C(=O)NCc2n[nH]c(=S)n2C2CC2)cc1. The third kappa shape index (κ3) is 3.17. The first kappa shape index (κ1) is 15.1. The Morgan fingerprint density at radius 1 is 1.45 bits per heavy atom. The number of rotatable bonds is 5. The zero-order valence-corrected chi connectivity index (χ0v) is 13.7. The van der Waals surface area contributed by atoms with Crippen molar-refractivity contribution in [1.29, 1.82) is 0 Å². The van der Waals surface area contributed by atoms with Crippen LogP contribution < -0.4 is 5.32 Å². The van der Waals surface area contributed by atoms with E-state index in [4.69, 9.17) is 12.2 Å². The number of nitrogens with zero attached hydrogens (tertiary/aromatic N) is 2. The van der Waals surface area contributed by atoms with Crippen LogP contribution in [0.2, 0.25) is 0 Å². The molecule has 3 rings (SSSR count). The Labute approximate surface area is 135 Å². The molecule has 1 heterocycles. The van der Waals surface area contributed by atoms with Gasteiger partial charge in [0.25, 0.3) is 5.91 Å². The minimum absolute atomic E-state index is 0.190. The first-order valence-electron chi connectivity index (χ1n) is 6.93. The number of carbonyl (C=O) groups is 1. The molecule has 1 aromatic carbocycles. The molecule has 0 bridgehead atoms. The third-order valence-corrected chi connectivity index (χ3v) is 4.77. The van der Waals surface area contributed by atoms with Crippen LogP contribution in [0.5, 0.6) is 0 Å². The van der Waals surface area contributed by atoms with Gasteiger partial charge in [0, 0.05) is 33.6 Å². The summed E-state index contributed by atoms with van der Waals surface area (Å²) < 4.78 is 13.9. The number of aromatic amines is 1. The van der Waals surface area contributed by atoms with Crippen molar-refractivity contribution in [3.05, 3.63) is 40.4 Å². The first-order chi connectivity index (χ1) is 10.6. The topological polar surface area (TPSA) is 79.8 Å². The molecule has 8 heteroatoms. The van der Waals surface area contributed by atoms with Gasteiger partial charge in [-0.3, -0.25) is 18.7 Å². The molecule has 0 aliphatic heterocycles. The van der Waals surface area contributed by atoms with Crippen LogP contribution in [-0.2, 0) is 17.3 Å². The van der Waals surface area contributed by atoms with Gasteiger partial charge < -0.3 is 5.32 Å². The predicted molar refractivity (Wildman–Crippen MR) is 85.6 cm³/mol. The molecule has 0 spiro atoms. The smallest absolute Gasteiger partial charge is 0.251 e.